The third kappa shape index (κ3) is 1.28. The van der Waals surface area contributed by atoms with E-state index in [2.05, 4.69) is 29.0 Å². The summed E-state index contributed by atoms with van der Waals surface area (Å²) in [6.45, 7) is 2.18. The van der Waals surface area contributed by atoms with Gasteiger partial charge in [0.15, 0.2) is 5.96 Å². The van der Waals surface area contributed by atoms with Crippen LogP contribution in [0, 0.1) is 0 Å². The summed E-state index contributed by atoms with van der Waals surface area (Å²) in [4.78, 5) is 0. The second-order valence-corrected chi connectivity index (χ2v) is 3.29. The molecule has 38 valence electrons. The topological polar surface area (TPSA) is 26.0 Å². The molecule has 0 saturated carbocycles. The highest BCUT2D eigenvalue weighted by atomic mass is 31.1. The fourth-order valence-electron chi connectivity index (χ4n) is 0.385. The summed E-state index contributed by atoms with van der Waals surface area (Å²) in [5, 5.41) is 2.90. The van der Waals surface area contributed by atoms with Gasteiger partial charge in [-0.2, -0.15) is 5.43 Å². The Balaban J connectivity index is 2.49. The zero-order chi connectivity index (χ0) is 5.11. The molecule has 1 aliphatic rings. The van der Waals surface area contributed by atoms with Gasteiger partial charge in [0.2, 0.25) is 0 Å². The molecule has 0 aromatic heterocycles. The minimum absolute atomic E-state index is 0.0292. The molecule has 0 aliphatic carbocycles. The van der Waals surface area contributed by atoms with E-state index in [1.165, 1.54) is 0 Å². The largest absolute Gasteiger partial charge is 0.191 e. The van der Waals surface area contributed by atoms with E-state index in [1.54, 1.807) is 0 Å². The summed E-state index contributed by atoms with van der Waals surface area (Å²) < 4.78 is 0. The van der Waals surface area contributed by atoms with Gasteiger partial charge in [-0.15, -0.1) is 5.10 Å². The van der Waals surface area contributed by atoms with Crippen molar-refractivity contribution in [3.05, 3.63) is 12.0 Å². The molecule has 0 amide bonds. The van der Waals surface area contributed by atoms with Gasteiger partial charge in [-0.25, -0.2) is 0 Å². The van der Waals surface area contributed by atoms with Crippen LogP contribution in [0.15, 0.2) is 12.0 Å². The van der Waals surface area contributed by atoms with Gasteiger partial charge in [-0.3, -0.25) is 0 Å². The SMILES string of the molecule is CP1C=CN[NH+]=C1. The summed E-state index contributed by atoms with van der Waals surface area (Å²) in [5.74, 6) is 4.20. The van der Waals surface area contributed by atoms with Crippen LogP contribution in [0.25, 0.3) is 0 Å². The van der Waals surface area contributed by atoms with Crippen LogP contribution >= 0.6 is 7.92 Å². The summed E-state index contributed by atoms with van der Waals surface area (Å²) >= 11 is 0. The molecule has 1 heterocycles. The third-order valence-electron chi connectivity index (χ3n) is 0.745. The average molecular weight is 115 g/mol. The van der Waals surface area contributed by atoms with Gasteiger partial charge in [0.25, 0.3) is 0 Å². The Bertz CT molecular complexity index is 96.3. The van der Waals surface area contributed by atoms with Crippen molar-refractivity contribution < 1.29 is 5.10 Å². The summed E-state index contributed by atoms with van der Waals surface area (Å²) in [7, 11) is 0.0292. The normalized spacial score (nSPS) is 27.3. The number of rotatable bonds is 0. The van der Waals surface area contributed by atoms with E-state index in [0.29, 0.717) is 0 Å². The molecule has 2 N–H and O–H groups in total. The third-order valence-corrected chi connectivity index (χ3v) is 1.90. The maximum absolute atomic E-state index is 2.90. The first-order valence-corrected chi connectivity index (χ1v) is 4.05. The molecule has 0 spiro atoms. The van der Waals surface area contributed by atoms with Crippen molar-refractivity contribution in [3.8, 4) is 0 Å². The molecular weight excluding hydrogens is 107 g/mol. The van der Waals surface area contributed by atoms with E-state index in [1.807, 2.05) is 6.20 Å². The highest BCUT2D eigenvalue weighted by molar-refractivity contribution is 7.74. The van der Waals surface area contributed by atoms with Crippen molar-refractivity contribution in [1.82, 2.24) is 5.43 Å². The van der Waals surface area contributed by atoms with Gasteiger partial charge in [-0.1, -0.05) is 0 Å². The van der Waals surface area contributed by atoms with Gasteiger partial charge in [-0.05, 0) is 12.5 Å². The molecule has 0 fully saturated rings. The molecule has 2 nitrogen and oxygen atoms in total. The first kappa shape index (κ1) is 4.79. The number of hydrazine groups is 1. The molecule has 0 aromatic carbocycles. The molecule has 0 saturated heterocycles. The summed E-state index contributed by atoms with van der Waals surface area (Å²) in [6, 6.07) is 0. The zero-order valence-electron chi connectivity index (χ0n) is 4.18. The first-order valence-electron chi connectivity index (χ1n) is 2.12. The van der Waals surface area contributed by atoms with Gasteiger partial charge in [0.05, 0.1) is 6.20 Å². The molecule has 7 heavy (non-hydrogen) atoms. The number of hydrogen-bond acceptors (Lipinski definition) is 1. The first-order chi connectivity index (χ1) is 3.39. The maximum atomic E-state index is 2.90. The smallest absolute Gasteiger partial charge is 0.175 e. The van der Waals surface area contributed by atoms with Crippen molar-refractivity contribution in [2.45, 2.75) is 0 Å². The van der Waals surface area contributed by atoms with Gasteiger partial charge in [0, 0.05) is 7.92 Å². The summed E-state index contributed by atoms with van der Waals surface area (Å²) in [5.41, 5.74) is 2.85. The Hall–Kier alpha value is -0.360. The van der Waals surface area contributed by atoms with Gasteiger partial charge in [0.1, 0.15) is 0 Å². The number of hydrazone groups is 1. The van der Waals surface area contributed by atoms with Gasteiger partial charge < -0.3 is 0 Å². The van der Waals surface area contributed by atoms with E-state index in [-0.39, 0.29) is 7.92 Å². The lowest BCUT2D eigenvalue weighted by Gasteiger charge is -1.95. The second kappa shape index (κ2) is 2.08. The van der Waals surface area contributed by atoms with E-state index in [9.17, 15) is 0 Å². The van der Waals surface area contributed by atoms with Gasteiger partial charge >= 0.3 is 0 Å². The van der Waals surface area contributed by atoms with E-state index >= 15 is 0 Å². The van der Waals surface area contributed by atoms with Crippen molar-refractivity contribution in [2.24, 2.45) is 0 Å². The van der Waals surface area contributed by atoms with Crippen LogP contribution in [-0.2, 0) is 0 Å². The fourth-order valence-corrected chi connectivity index (χ4v) is 1.06. The van der Waals surface area contributed by atoms with E-state index < -0.39 is 0 Å². The van der Waals surface area contributed by atoms with Crippen molar-refractivity contribution >= 4 is 13.9 Å². The standard InChI is InChI=1S/C4H7N2P/c1-7-3-2-5-6-4-7/h2-5H,1H3/p+1. The Kier molecular flexibility index (Phi) is 1.42. The lowest BCUT2D eigenvalue weighted by Crippen LogP contribution is -2.78. The molecule has 0 aromatic rings. The van der Waals surface area contributed by atoms with Crippen LogP contribution in [0.1, 0.15) is 0 Å². The number of nitrogens with one attached hydrogen (secondary N) is 2. The maximum Gasteiger partial charge on any atom is 0.191 e. The quantitative estimate of drug-likeness (QED) is 0.397. The number of hydrogen-bond donors (Lipinski definition) is 2. The predicted molar refractivity (Wildman–Crippen MR) is 32.1 cm³/mol. The molecule has 1 aliphatic heterocycles. The highest BCUT2D eigenvalue weighted by Gasteiger charge is 1.96. The lowest BCUT2D eigenvalue weighted by molar-refractivity contribution is -0.506. The van der Waals surface area contributed by atoms with Crippen LogP contribution in [0.5, 0.6) is 0 Å². The highest BCUT2D eigenvalue weighted by Crippen LogP contribution is 2.25. The fraction of sp³-hybridized carbons (Fsp3) is 0.250. The average Bonchev–Trinajstić information content (AvgIpc) is 1.69. The molecule has 1 unspecified atom stereocenters. The molecular formula is C4H8N2P+. The van der Waals surface area contributed by atoms with Crippen molar-refractivity contribution in [1.29, 1.82) is 0 Å². The second-order valence-electron chi connectivity index (χ2n) is 1.40. The Morgan fingerprint density at radius 3 is 2.86 bits per heavy atom. The van der Waals surface area contributed by atoms with Crippen molar-refractivity contribution in [2.75, 3.05) is 6.66 Å². The minimum atomic E-state index is 0.0292. The van der Waals surface area contributed by atoms with E-state index in [4.69, 9.17) is 0 Å². The summed E-state index contributed by atoms with van der Waals surface area (Å²) in [6.07, 6.45) is 1.92. The predicted octanol–water partition coefficient (Wildman–Crippen LogP) is -0.804. The van der Waals surface area contributed by atoms with E-state index in [0.717, 1.165) is 0 Å². The van der Waals surface area contributed by atoms with Crippen LogP contribution in [0.2, 0.25) is 0 Å². The Morgan fingerprint density at radius 2 is 2.57 bits per heavy atom. The molecule has 0 radical (unpaired) electrons. The monoisotopic (exact) mass is 115 g/mol. The Morgan fingerprint density at radius 1 is 1.71 bits per heavy atom. The molecule has 1 rings (SSSR count). The Labute approximate surface area is 44.1 Å². The minimum Gasteiger partial charge on any atom is -0.175 e. The van der Waals surface area contributed by atoms with Crippen LogP contribution in [0.4, 0.5) is 0 Å². The molecule has 3 heteroatoms. The van der Waals surface area contributed by atoms with Crippen LogP contribution < -0.4 is 10.5 Å². The van der Waals surface area contributed by atoms with Crippen LogP contribution in [-0.4, -0.2) is 12.6 Å². The lowest BCUT2D eigenvalue weighted by atomic mass is 11.1. The van der Waals surface area contributed by atoms with Crippen molar-refractivity contribution in [3.63, 3.8) is 0 Å². The zero-order valence-corrected chi connectivity index (χ0v) is 5.07. The molecule has 1 atom stereocenters. The van der Waals surface area contributed by atoms with Crippen LogP contribution in [0.3, 0.4) is 0 Å². The molecule has 0 bridgehead atoms.